The second kappa shape index (κ2) is 9.82. The van der Waals surface area contributed by atoms with Crippen LogP contribution in [0.1, 0.15) is 25.3 Å². The summed E-state index contributed by atoms with van der Waals surface area (Å²) in [5.41, 5.74) is -0.297. The van der Waals surface area contributed by atoms with Crippen LogP contribution >= 0.6 is 0 Å². The first-order chi connectivity index (χ1) is 17.4. The molecule has 1 aromatic rings. The molecule has 8 nitrogen and oxygen atoms in total. The van der Waals surface area contributed by atoms with Gasteiger partial charge in [-0.15, -0.1) is 0 Å². The number of ether oxygens (including phenoxy) is 1. The van der Waals surface area contributed by atoms with Crippen molar-refractivity contribution in [3.8, 4) is 0 Å². The van der Waals surface area contributed by atoms with Crippen molar-refractivity contribution in [2.75, 3.05) is 33.3 Å². The predicted octanol–water partition coefficient (Wildman–Crippen LogP) is 1.40. The topological polar surface area (TPSA) is 90.4 Å². The molecule has 2 saturated heterocycles. The summed E-state index contributed by atoms with van der Waals surface area (Å²) in [5.74, 6) is -2.19. The van der Waals surface area contributed by atoms with Gasteiger partial charge in [0, 0.05) is 26.7 Å². The van der Waals surface area contributed by atoms with Crippen LogP contribution in [0.5, 0.6) is 0 Å². The smallest absolute Gasteiger partial charge is 0.249 e. The van der Waals surface area contributed by atoms with E-state index in [9.17, 15) is 19.5 Å². The van der Waals surface area contributed by atoms with E-state index in [1.165, 1.54) is 0 Å². The molecule has 1 aromatic carbocycles. The molecule has 192 valence electrons. The molecule has 8 heteroatoms. The molecule has 36 heavy (non-hydrogen) atoms. The number of likely N-dealkylation sites (tertiary alicyclic amines) is 1. The number of benzene rings is 1. The second-order valence-corrected chi connectivity index (χ2v) is 10.3. The normalized spacial score (nSPS) is 32.3. The maximum atomic E-state index is 14.3. The second-order valence-electron chi connectivity index (χ2n) is 10.3. The molecule has 4 aliphatic rings. The number of rotatable bonds is 7. The maximum Gasteiger partial charge on any atom is 0.249 e. The average Bonchev–Trinajstić information content (AvgIpc) is 3.22. The van der Waals surface area contributed by atoms with Crippen LogP contribution in [0.2, 0.25) is 0 Å². The van der Waals surface area contributed by atoms with Crippen LogP contribution in [0.3, 0.4) is 0 Å². The van der Waals surface area contributed by atoms with Crippen LogP contribution in [0.15, 0.2) is 54.6 Å². The molecule has 1 spiro atoms. The summed E-state index contributed by atoms with van der Waals surface area (Å²) in [6, 6.07) is 8.08. The summed E-state index contributed by atoms with van der Waals surface area (Å²) in [6.07, 6.45) is 9.12. The number of aliphatic hydroxyl groups is 1. The van der Waals surface area contributed by atoms with E-state index in [4.69, 9.17) is 4.74 Å². The van der Waals surface area contributed by atoms with E-state index in [0.717, 1.165) is 18.4 Å². The quantitative estimate of drug-likeness (QED) is 0.580. The molecule has 0 aliphatic carbocycles. The first-order valence-corrected chi connectivity index (χ1v) is 13.0. The lowest BCUT2D eigenvalue weighted by molar-refractivity contribution is -0.151. The standard InChI is InChI=1S/C28H35N3O5/c1-3-4-15-30-16-9-13-28-23(22-21(36-28)12-8-14-29(2)25(22)33)26(34)31(24(28)27(30)35)20(18-32)17-19-10-6-5-7-11-19/h5-13,20-24,32H,3-4,14-18H2,1-2H3/t20-,21+,22-,23+,24?,28+/m1/s1. The van der Waals surface area contributed by atoms with Crippen LogP contribution in [0.4, 0.5) is 0 Å². The average molecular weight is 494 g/mol. The molecule has 3 amide bonds. The van der Waals surface area contributed by atoms with Crippen molar-refractivity contribution in [1.29, 1.82) is 0 Å². The van der Waals surface area contributed by atoms with Gasteiger partial charge in [0.25, 0.3) is 0 Å². The summed E-state index contributed by atoms with van der Waals surface area (Å²) < 4.78 is 6.62. The number of fused-ring (bicyclic) bond motifs is 2. The summed E-state index contributed by atoms with van der Waals surface area (Å²) in [7, 11) is 1.72. The van der Waals surface area contributed by atoms with E-state index in [-0.39, 0.29) is 24.3 Å². The minimum Gasteiger partial charge on any atom is -0.394 e. The van der Waals surface area contributed by atoms with Crippen molar-refractivity contribution in [2.24, 2.45) is 11.8 Å². The first-order valence-electron chi connectivity index (χ1n) is 13.0. The molecule has 1 unspecified atom stereocenters. The van der Waals surface area contributed by atoms with E-state index >= 15 is 0 Å². The first kappa shape index (κ1) is 24.7. The minimum atomic E-state index is -1.26. The van der Waals surface area contributed by atoms with E-state index in [2.05, 4.69) is 6.92 Å². The van der Waals surface area contributed by atoms with E-state index in [0.29, 0.717) is 26.1 Å². The number of hydrogen-bond donors (Lipinski definition) is 1. The number of likely N-dealkylation sites (N-methyl/N-ethyl adjacent to an activating group) is 1. The van der Waals surface area contributed by atoms with Gasteiger partial charge in [-0.2, -0.15) is 0 Å². The number of carbonyl (C=O) groups excluding carboxylic acids is 3. The fraction of sp³-hybridized carbons (Fsp3) is 0.536. The summed E-state index contributed by atoms with van der Waals surface area (Å²) >= 11 is 0. The summed E-state index contributed by atoms with van der Waals surface area (Å²) in [5, 5.41) is 10.5. The highest BCUT2D eigenvalue weighted by molar-refractivity contribution is 6.00. The molecule has 6 atom stereocenters. The number of nitrogens with zero attached hydrogens (tertiary/aromatic N) is 3. The van der Waals surface area contributed by atoms with Crippen LogP contribution < -0.4 is 0 Å². The van der Waals surface area contributed by atoms with Gasteiger partial charge < -0.3 is 24.5 Å². The van der Waals surface area contributed by atoms with E-state index in [1.54, 1.807) is 21.7 Å². The molecular weight excluding hydrogens is 458 g/mol. The SMILES string of the molecule is CCCCN1CC=C[C@]23O[C@H]4C=CCN(C)C(=O)[C@H]4[C@H]2C(=O)N([C@@H](CO)Cc2ccccc2)C3C1=O. The third kappa shape index (κ3) is 3.87. The maximum absolute atomic E-state index is 14.3. The Kier molecular flexibility index (Phi) is 6.74. The van der Waals surface area contributed by atoms with E-state index < -0.39 is 35.6 Å². The Morgan fingerprint density at radius 2 is 1.86 bits per heavy atom. The number of hydrogen-bond acceptors (Lipinski definition) is 5. The van der Waals surface area contributed by atoms with Gasteiger partial charge in [-0.3, -0.25) is 14.4 Å². The molecule has 0 bridgehead atoms. The van der Waals surface area contributed by atoms with Crippen molar-refractivity contribution in [3.05, 3.63) is 60.2 Å². The fourth-order valence-corrected chi connectivity index (χ4v) is 6.33. The van der Waals surface area contributed by atoms with Gasteiger partial charge in [0.1, 0.15) is 11.6 Å². The van der Waals surface area contributed by atoms with E-state index in [1.807, 2.05) is 54.6 Å². The van der Waals surface area contributed by atoms with Crippen molar-refractivity contribution in [2.45, 2.75) is 50.0 Å². The van der Waals surface area contributed by atoms with Crippen molar-refractivity contribution in [1.82, 2.24) is 14.7 Å². The Labute approximate surface area is 212 Å². The minimum absolute atomic E-state index is 0.155. The van der Waals surface area contributed by atoms with Crippen LogP contribution in [0.25, 0.3) is 0 Å². The molecule has 4 heterocycles. The number of amides is 3. The Bertz CT molecular complexity index is 1070. The zero-order valence-electron chi connectivity index (χ0n) is 21.0. The van der Waals surface area contributed by atoms with Crippen LogP contribution in [-0.2, 0) is 25.5 Å². The molecule has 4 aliphatic heterocycles. The van der Waals surface area contributed by atoms with Gasteiger partial charge in [-0.05, 0) is 18.4 Å². The largest absolute Gasteiger partial charge is 0.394 e. The van der Waals surface area contributed by atoms with Gasteiger partial charge in [-0.1, -0.05) is 68.0 Å². The molecule has 0 saturated carbocycles. The zero-order chi connectivity index (χ0) is 25.4. The van der Waals surface area contributed by atoms with Gasteiger partial charge in [0.05, 0.1) is 30.6 Å². The monoisotopic (exact) mass is 493 g/mol. The van der Waals surface area contributed by atoms with Crippen molar-refractivity contribution >= 4 is 17.7 Å². The Balaban J connectivity index is 1.60. The van der Waals surface area contributed by atoms with Crippen LogP contribution in [0, 0.1) is 11.8 Å². The lowest BCUT2D eigenvalue weighted by Crippen LogP contribution is -2.58. The van der Waals surface area contributed by atoms with Gasteiger partial charge >= 0.3 is 0 Å². The Morgan fingerprint density at radius 1 is 1.08 bits per heavy atom. The number of unbranched alkanes of at least 4 members (excludes halogenated alkanes) is 1. The van der Waals surface area contributed by atoms with Crippen LogP contribution in [-0.4, -0.2) is 94.6 Å². The molecule has 1 N–H and O–H groups in total. The van der Waals surface area contributed by atoms with Crippen molar-refractivity contribution < 1.29 is 24.2 Å². The van der Waals surface area contributed by atoms with Gasteiger partial charge in [0.2, 0.25) is 17.7 Å². The fourth-order valence-electron chi connectivity index (χ4n) is 6.33. The number of aliphatic hydroxyl groups excluding tert-OH is 1. The summed E-state index contributed by atoms with van der Waals surface area (Å²) in [4.78, 5) is 46.8. The molecule has 2 fully saturated rings. The molecule has 0 aromatic heterocycles. The third-order valence-corrected chi connectivity index (χ3v) is 8.08. The predicted molar refractivity (Wildman–Crippen MR) is 134 cm³/mol. The lowest BCUT2D eigenvalue weighted by Gasteiger charge is -2.38. The highest BCUT2D eigenvalue weighted by atomic mass is 16.5. The summed E-state index contributed by atoms with van der Waals surface area (Å²) in [6.45, 7) is 3.23. The lowest BCUT2D eigenvalue weighted by atomic mass is 9.77. The highest BCUT2D eigenvalue weighted by Gasteiger charge is 2.72. The third-order valence-electron chi connectivity index (χ3n) is 8.08. The molecule has 0 radical (unpaired) electrons. The Hall–Kier alpha value is -2.97. The van der Waals surface area contributed by atoms with Gasteiger partial charge in [-0.25, -0.2) is 0 Å². The highest BCUT2D eigenvalue weighted by Crippen LogP contribution is 2.54. The molecular formula is C28H35N3O5. The van der Waals surface area contributed by atoms with Gasteiger partial charge in [0.15, 0.2) is 0 Å². The Morgan fingerprint density at radius 3 is 2.58 bits per heavy atom. The van der Waals surface area contributed by atoms with Crippen molar-refractivity contribution in [3.63, 3.8) is 0 Å². The zero-order valence-corrected chi connectivity index (χ0v) is 21.0. The molecule has 5 rings (SSSR count). The number of carbonyl (C=O) groups is 3.